The van der Waals surface area contributed by atoms with Crippen LogP contribution in [0.15, 0.2) is 24.3 Å². The van der Waals surface area contributed by atoms with Crippen molar-refractivity contribution in [3.8, 4) is 0 Å². The molecule has 140 valence electrons. The van der Waals surface area contributed by atoms with E-state index in [1.54, 1.807) is 0 Å². The largest absolute Gasteiger partial charge is 0.368 e. The molecule has 1 aromatic rings. The molecule has 2 saturated heterocycles. The van der Waals surface area contributed by atoms with E-state index in [2.05, 4.69) is 10.2 Å². The Labute approximate surface area is 155 Å². The van der Waals surface area contributed by atoms with Gasteiger partial charge in [0.15, 0.2) is 0 Å². The van der Waals surface area contributed by atoms with Gasteiger partial charge in [-0.25, -0.2) is 0 Å². The number of anilines is 1. The van der Waals surface area contributed by atoms with Crippen molar-refractivity contribution in [2.45, 2.75) is 63.5 Å². The first kappa shape index (κ1) is 17.5. The van der Waals surface area contributed by atoms with Gasteiger partial charge in [-0.3, -0.25) is 9.59 Å². The summed E-state index contributed by atoms with van der Waals surface area (Å²) in [5, 5.41) is 2.90. The maximum absolute atomic E-state index is 13.1. The third kappa shape index (κ3) is 3.63. The van der Waals surface area contributed by atoms with Crippen LogP contribution in [-0.4, -0.2) is 42.0 Å². The zero-order valence-corrected chi connectivity index (χ0v) is 15.3. The summed E-state index contributed by atoms with van der Waals surface area (Å²) in [6.45, 7) is 1.50. The number of nitrogens with one attached hydrogen (secondary N) is 1. The van der Waals surface area contributed by atoms with Crippen LogP contribution in [0.4, 0.5) is 5.69 Å². The van der Waals surface area contributed by atoms with Crippen molar-refractivity contribution in [3.63, 3.8) is 0 Å². The van der Waals surface area contributed by atoms with Crippen LogP contribution in [0.2, 0.25) is 0 Å². The molecule has 3 fully saturated rings. The predicted molar refractivity (Wildman–Crippen MR) is 100 cm³/mol. The predicted octanol–water partition coefficient (Wildman–Crippen LogP) is 3.60. The van der Waals surface area contributed by atoms with Crippen LogP contribution in [0.3, 0.4) is 0 Å². The van der Waals surface area contributed by atoms with Gasteiger partial charge in [-0.05, 0) is 62.6 Å². The summed E-state index contributed by atoms with van der Waals surface area (Å²) in [4.78, 5) is 27.5. The zero-order valence-electron chi connectivity index (χ0n) is 15.3. The first-order chi connectivity index (χ1) is 12.7. The second-order valence-electron chi connectivity index (χ2n) is 7.82. The summed E-state index contributed by atoms with van der Waals surface area (Å²) in [5.41, 5.74) is 1.34. The third-order valence-corrected chi connectivity index (χ3v) is 6.10. The van der Waals surface area contributed by atoms with Gasteiger partial charge >= 0.3 is 0 Å². The van der Waals surface area contributed by atoms with E-state index in [1.807, 2.05) is 24.3 Å². The van der Waals surface area contributed by atoms with Gasteiger partial charge in [-0.15, -0.1) is 0 Å². The molecule has 2 heterocycles. The quantitative estimate of drug-likeness (QED) is 0.900. The minimum absolute atomic E-state index is 0.106. The first-order valence-electron chi connectivity index (χ1n) is 10.1. The summed E-state index contributed by atoms with van der Waals surface area (Å²) >= 11 is 0. The molecule has 0 radical (unpaired) electrons. The highest BCUT2D eigenvalue weighted by Gasteiger charge is 2.36. The van der Waals surface area contributed by atoms with Crippen LogP contribution in [0.25, 0.3) is 0 Å². The van der Waals surface area contributed by atoms with Gasteiger partial charge in [0, 0.05) is 30.4 Å². The van der Waals surface area contributed by atoms with Crippen LogP contribution in [0.1, 0.15) is 61.7 Å². The Balaban J connectivity index is 1.46. The Morgan fingerprint density at radius 2 is 1.88 bits per heavy atom. The molecular formula is C21H28N2O3. The molecule has 1 aromatic carbocycles. The lowest BCUT2D eigenvalue weighted by atomic mass is 9.78. The minimum atomic E-state index is -0.362. The van der Waals surface area contributed by atoms with Gasteiger partial charge in [0.05, 0.1) is 0 Å². The number of benzene rings is 1. The topological polar surface area (TPSA) is 58.6 Å². The highest BCUT2D eigenvalue weighted by Crippen LogP contribution is 2.36. The fraction of sp³-hybridized carbons (Fsp3) is 0.619. The van der Waals surface area contributed by atoms with Crippen molar-refractivity contribution in [3.05, 3.63) is 29.8 Å². The van der Waals surface area contributed by atoms with Crippen molar-refractivity contribution in [1.82, 2.24) is 4.90 Å². The number of rotatable bonds is 3. The van der Waals surface area contributed by atoms with E-state index in [9.17, 15) is 9.59 Å². The molecule has 3 atom stereocenters. The zero-order chi connectivity index (χ0) is 17.9. The Hall–Kier alpha value is -1.88. The van der Waals surface area contributed by atoms with Crippen molar-refractivity contribution in [1.29, 1.82) is 0 Å². The van der Waals surface area contributed by atoms with E-state index in [0.29, 0.717) is 29.8 Å². The molecule has 5 nitrogen and oxygen atoms in total. The minimum Gasteiger partial charge on any atom is -0.368 e. The Morgan fingerprint density at radius 3 is 2.73 bits per heavy atom. The molecule has 0 unspecified atom stereocenters. The standard InChI is InChI=1S/C21H28N2O3/c24-20(19-11-5-13-26-19)22-17-9-3-7-16(14-17)21(25)23-12-4-8-15-6-1-2-10-18(15)23/h3,7,9,14-15,18-19H,1-2,4-6,8,10-13H2,(H,22,24)/t15-,18-,19+/m0/s1. The highest BCUT2D eigenvalue weighted by molar-refractivity contribution is 5.98. The molecule has 3 aliphatic rings. The SMILES string of the molecule is O=C(Nc1cccc(C(=O)N2CCC[C@@H]3CCCC[C@@H]32)c1)[C@H]1CCCO1. The van der Waals surface area contributed by atoms with Gasteiger partial charge in [0.1, 0.15) is 6.10 Å². The van der Waals surface area contributed by atoms with Crippen molar-refractivity contribution < 1.29 is 14.3 Å². The van der Waals surface area contributed by atoms with E-state index in [4.69, 9.17) is 4.74 Å². The lowest BCUT2D eigenvalue weighted by molar-refractivity contribution is -0.124. The molecule has 0 bridgehead atoms. The van der Waals surface area contributed by atoms with Crippen molar-refractivity contribution in [2.24, 2.45) is 5.92 Å². The van der Waals surface area contributed by atoms with Crippen molar-refractivity contribution in [2.75, 3.05) is 18.5 Å². The van der Waals surface area contributed by atoms with Crippen LogP contribution < -0.4 is 5.32 Å². The lowest BCUT2D eigenvalue weighted by Crippen LogP contribution is -2.49. The van der Waals surface area contributed by atoms with Gasteiger partial charge in [-0.2, -0.15) is 0 Å². The fourth-order valence-electron chi connectivity index (χ4n) is 4.78. The third-order valence-electron chi connectivity index (χ3n) is 6.10. The molecule has 4 rings (SSSR count). The maximum Gasteiger partial charge on any atom is 0.254 e. The molecule has 2 amide bonds. The monoisotopic (exact) mass is 356 g/mol. The molecule has 26 heavy (non-hydrogen) atoms. The molecule has 5 heteroatoms. The van der Waals surface area contributed by atoms with E-state index in [1.165, 1.54) is 25.7 Å². The Kier molecular flexibility index (Phi) is 5.25. The van der Waals surface area contributed by atoms with Crippen LogP contribution in [0.5, 0.6) is 0 Å². The van der Waals surface area contributed by atoms with E-state index in [-0.39, 0.29) is 17.9 Å². The summed E-state index contributed by atoms with van der Waals surface area (Å²) < 4.78 is 5.43. The van der Waals surface area contributed by atoms with E-state index in [0.717, 1.165) is 32.2 Å². The molecule has 1 saturated carbocycles. The van der Waals surface area contributed by atoms with E-state index < -0.39 is 0 Å². The summed E-state index contributed by atoms with van der Waals surface area (Å²) in [7, 11) is 0. The summed E-state index contributed by atoms with van der Waals surface area (Å²) in [5.74, 6) is 0.663. The van der Waals surface area contributed by atoms with Crippen LogP contribution >= 0.6 is 0 Å². The molecule has 0 aromatic heterocycles. The maximum atomic E-state index is 13.1. The highest BCUT2D eigenvalue weighted by atomic mass is 16.5. The van der Waals surface area contributed by atoms with Crippen molar-refractivity contribution >= 4 is 17.5 Å². The Morgan fingerprint density at radius 1 is 1.04 bits per heavy atom. The number of carbonyl (C=O) groups is 2. The molecule has 0 spiro atoms. The van der Waals surface area contributed by atoms with Gasteiger partial charge < -0.3 is 15.0 Å². The second-order valence-corrected chi connectivity index (χ2v) is 7.82. The van der Waals surface area contributed by atoms with Crippen LogP contribution in [0, 0.1) is 5.92 Å². The fourth-order valence-corrected chi connectivity index (χ4v) is 4.78. The van der Waals surface area contributed by atoms with Gasteiger partial charge in [-0.1, -0.05) is 18.9 Å². The molecule has 1 aliphatic carbocycles. The smallest absolute Gasteiger partial charge is 0.254 e. The molecular weight excluding hydrogens is 328 g/mol. The molecule has 2 aliphatic heterocycles. The van der Waals surface area contributed by atoms with Gasteiger partial charge in [0.2, 0.25) is 0 Å². The number of carbonyl (C=O) groups excluding carboxylic acids is 2. The van der Waals surface area contributed by atoms with E-state index >= 15 is 0 Å². The number of nitrogens with zero attached hydrogens (tertiary/aromatic N) is 1. The average Bonchev–Trinajstić information content (AvgIpc) is 3.22. The number of fused-ring (bicyclic) bond motifs is 1. The lowest BCUT2D eigenvalue weighted by Gasteiger charge is -2.44. The number of ether oxygens (including phenoxy) is 1. The molecule has 1 N–H and O–H groups in total. The number of amides is 2. The average molecular weight is 356 g/mol. The van der Waals surface area contributed by atoms with Gasteiger partial charge in [0.25, 0.3) is 11.8 Å². The second kappa shape index (κ2) is 7.78. The summed E-state index contributed by atoms with van der Waals surface area (Å²) in [6, 6.07) is 7.75. The Bertz CT molecular complexity index is 667. The number of hydrogen-bond donors (Lipinski definition) is 1. The number of piperidine rings is 1. The summed E-state index contributed by atoms with van der Waals surface area (Å²) in [6.07, 6.45) is 8.59. The van der Waals surface area contributed by atoms with Crippen LogP contribution in [-0.2, 0) is 9.53 Å². The normalized spacial score (nSPS) is 28.5. The first-order valence-corrected chi connectivity index (χ1v) is 10.1. The number of likely N-dealkylation sites (tertiary alicyclic amines) is 1. The number of hydrogen-bond acceptors (Lipinski definition) is 3.